The maximum absolute atomic E-state index is 12.7. The predicted octanol–water partition coefficient (Wildman–Crippen LogP) is 1.35. The molecule has 11 heteroatoms. The molecule has 0 spiro atoms. The van der Waals surface area contributed by atoms with Crippen LogP contribution < -0.4 is 4.74 Å². The lowest BCUT2D eigenvalue weighted by Crippen LogP contribution is -2.40. The predicted molar refractivity (Wildman–Crippen MR) is 85.6 cm³/mol. The van der Waals surface area contributed by atoms with E-state index in [2.05, 4.69) is 0 Å². The van der Waals surface area contributed by atoms with Gasteiger partial charge >= 0.3 is 6.18 Å². The number of morpholine rings is 1. The van der Waals surface area contributed by atoms with Crippen LogP contribution in [0.5, 0.6) is 5.75 Å². The van der Waals surface area contributed by atoms with E-state index in [0.29, 0.717) is 4.90 Å². The monoisotopic (exact) mass is 396 g/mol. The summed E-state index contributed by atoms with van der Waals surface area (Å²) in [5.41, 5.74) is -0.256. The van der Waals surface area contributed by atoms with Crippen LogP contribution in [0.1, 0.15) is 10.4 Å². The van der Waals surface area contributed by atoms with Crippen molar-refractivity contribution in [3.63, 3.8) is 0 Å². The number of ether oxygens (including phenoxy) is 2. The minimum absolute atomic E-state index is 0.00930. The van der Waals surface area contributed by atoms with Gasteiger partial charge in [0.1, 0.15) is 12.3 Å². The molecule has 1 amide bonds. The molecule has 7 nitrogen and oxygen atoms in total. The second-order valence-corrected chi connectivity index (χ2v) is 7.59. The van der Waals surface area contributed by atoms with Crippen LogP contribution in [-0.2, 0) is 14.8 Å². The van der Waals surface area contributed by atoms with Crippen LogP contribution in [0.4, 0.5) is 13.2 Å². The molecule has 0 radical (unpaired) electrons. The van der Waals surface area contributed by atoms with Crippen LogP contribution in [0, 0.1) is 0 Å². The van der Waals surface area contributed by atoms with Crippen molar-refractivity contribution in [2.45, 2.75) is 11.1 Å². The lowest BCUT2D eigenvalue weighted by atomic mass is 10.1. The van der Waals surface area contributed by atoms with Crippen molar-refractivity contribution in [2.75, 3.05) is 47.0 Å². The second kappa shape index (κ2) is 7.80. The highest BCUT2D eigenvalue weighted by Crippen LogP contribution is 2.27. The Hall–Kier alpha value is -1.85. The molecular formula is C15H19F3N2O5S. The highest BCUT2D eigenvalue weighted by molar-refractivity contribution is 7.89. The fourth-order valence-electron chi connectivity index (χ4n) is 2.50. The third kappa shape index (κ3) is 4.65. The van der Waals surface area contributed by atoms with E-state index in [4.69, 9.17) is 9.47 Å². The van der Waals surface area contributed by atoms with Gasteiger partial charge in [-0.05, 0) is 18.2 Å². The van der Waals surface area contributed by atoms with Gasteiger partial charge in [0.25, 0.3) is 5.91 Å². The van der Waals surface area contributed by atoms with E-state index in [1.165, 1.54) is 23.5 Å². The van der Waals surface area contributed by atoms with Crippen LogP contribution in [0.3, 0.4) is 0 Å². The first-order chi connectivity index (χ1) is 12.1. The van der Waals surface area contributed by atoms with Crippen LogP contribution in [-0.4, -0.2) is 76.7 Å². The molecule has 0 aliphatic carbocycles. The van der Waals surface area contributed by atoms with E-state index >= 15 is 0 Å². The third-order valence-corrected chi connectivity index (χ3v) is 5.67. The maximum atomic E-state index is 12.7. The number of sulfonamides is 1. The van der Waals surface area contributed by atoms with Gasteiger partial charge in [0.2, 0.25) is 10.0 Å². The molecule has 1 aliphatic rings. The Bertz CT molecular complexity index is 761. The Morgan fingerprint density at radius 2 is 1.92 bits per heavy atom. The lowest BCUT2D eigenvalue weighted by Gasteiger charge is -2.26. The van der Waals surface area contributed by atoms with Gasteiger partial charge in [-0.1, -0.05) is 0 Å². The van der Waals surface area contributed by atoms with Crippen molar-refractivity contribution in [1.82, 2.24) is 9.21 Å². The fourth-order valence-corrected chi connectivity index (χ4v) is 3.93. The third-order valence-electron chi connectivity index (χ3n) is 3.77. The molecule has 1 aromatic rings. The number of halogens is 3. The summed E-state index contributed by atoms with van der Waals surface area (Å²) in [6.07, 6.45) is -4.57. The molecule has 1 aliphatic heterocycles. The number of nitrogens with zero attached hydrogens (tertiary/aromatic N) is 2. The zero-order valence-corrected chi connectivity index (χ0v) is 15.1. The number of rotatable bonds is 5. The van der Waals surface area contributed by atoms with Crippen molar-refractivity contribution in [2.24, 2.45) is 0 Å². The number of methoxy groups -OCH3 is 1. The normalized spacial score (nSPS) is 16.3. The zero-order valence-electron chi connectivity index (χ0n) is 14.2. The van der Waals surface area contributed by atoms with Crippen molar-refractivity contribution in [3.8, 4) is 5.75 Å². The highest BCUT2D eigenvalue weighted by Gasteiger charge is 2.33. The summed E-state index contributed by atoms with van der Waals surface area (Å²) in [5.74, 6) is -0.997. The number of carbonyl (C=O) groups excluding carboxylic acids is 1. The van der Waals surface area contributed by atoms with Crippen LogP contribution in [0.25, 0.3) is 0 Å². The summed E-state index contributed by atoms with van der Waals surface area (Å²) in [4.78, 5) is 12.6. The van der Waals surface area contributed by atoms with Crippen molar-refractivity contribution in [1.29, 1.82) is 0 Å². The standard InChI is InChI=1S/C15H19F3N2O5S/c1-19(10-15(16,17)18)14(21)12-9-11(3-4-13(12)24-2)26(22,23)20-5-7-25-8-6-20/h3-4,9H,5-8,10H2,1-2H3. The summed E-state index contributed by atoms with van der Waals surface area (Å²) in [7, 11) is -1.67. The first-order valence-electron chi connectivity index (χ1n) is 7.64. The van der Waals surface area contributed by atoms with E-state index in [9.17, 15) is 26.4 Å². The Labute approximate surface area is 149 Å². The molecule has 1 heterocycles. The smallest absolute Gasteiger partial charge is 0.406 e. The van der Waals surface area contributed by atoms with Gasteiger partial charge < -0.3 is 14.4 Å². The lowest BCUT2D eigenvalue weighted by molar-refractivity contribution is -0.138. The first-order valence-corrected chi connectivity index (χ1v) is 9.08. The molecule has 0 saturated carbocycles. The average Bonchev–Trinajstić information content (AvgIpc) is 2.59. The number of benzene rings is 1. The maximum Gasteiger partial charge on any atom is 0.406 e. The number of hydrogen-bond acceptors (Lipinski definition) is 5. The van der Waals surface area contributed by atoms with Gasteiger partial charge in [-0.25, -0.2) is 8.42 Å². The number of alkyl halides is 3. The van der Waals surface area contributed by atoms with Gasteiger partial charge in [-0.15, -0.1) is 0 Å². The zero-order chi connectivity index (χ0) is 19.5. The molecular weight excluding hydrogens is 377 g/mol. The fraction of sp³-hybridized carbons (Fsp3) is 0.533. The molecule has 2 rings (SSSR count). The molecule has 0 aromatic heterocycles. The summed E-state index contributed by atoms with van der Waals surface area (Å²) in [6, 6.07) is 3.55. The SMILES string of the molecule is COc1ccc(S(=O)(=O)N2CCOCC2)cc1C(=O)N(C)CC(F)(F)F. The van der Waals surface area contributed by atoms with Crippen molar-refractivity contribution >= 4 is 15.9 Å². The number of amides is 1. The molecule has 0 atom stereocenters. The Morgan fingerprint density at radius 3 is 2.46 bits per heavy atom. The molecule has 0 bridgehead atoms. The van der Waals surface area contributed by atoms with E-state index in [1.807, 2.05) is 0 Å². The largest absolute Gasteiger partial charge is 0.496 e. The van der Waals surface area contributed by atoms with Crippen LogP contribution in [0.2, 0.25) is 0 Å². The average molecular weight is 396 g/mol. The highest BCUT2D eigenvalue weighted by atomic mass is 32.2. The molecule has 1 fully saturated rings. The topological polar surface area (TPSA) is 76.1 Å². The Balaban J connectivity index is 2.37. The van der Waals surface area contributed by atoms with E-state index in [0.717, 1.165) is 13.1 Å². The van der Waals surface area contributed by atoms with Gasteiger partial charge in [0.05, 0.1) is 30.8 Å². The molecule has 26 heavy (non-hydrogen) atoms. The van der Waals surface area contributed by atoms with Crippen LogP contribution in [0.15, 0.2) is 23.1 Å². The number of carbonyl (C=O) groups is 1. The Morgan fingerprint density at radius 1 is 1.31 bits per heavy atom. The molecule has 0 N–H and O–H groups in total. The molecule has 146 valence electrons. The van der Waals surface area contributed by atoms with E-state index in [1.54, 1.807) is 0 Å². The van der Waals surface area contributed by atoms with Gasteiger partial charge in [0, 0.05) is 20.1 Å². The minimum atomic E-state index is -4.57. The van der Waals surface area contributed by atoms with Gasteiger partial charge in [0.15, 0.2) is 0 Å². The summed E-state index contributed by atoms with van der Waals surface area (Å²) in [5, 5.41) is 0. The van der Waals surface area contributed by atoms with Gasteiger partial charge in [-0.2, -0.15) is 17.5 Å². The minimum Gasteiger partial charge on any atom is -0.496 e. The Kier molecular flexibility index (Phi) is 6.14. The van der Waals surface area contributed by atoms with Crippen molar-refractivity contribution < 1.29 is 35.9 Å². The quantitative estimate of drug-likeness (QED) is 0.751. The first kappa shape index (κ1) is 20.5. The van der Waals surface area contributed by atoms with E-state index < -0.39 is 28.7 Å². The summed E-state index contributed by atoms with van der Waals surface area (Å²) < 4.78 is 74.3. The molecule has 1 aromatic carbocycles. The summed E-state index contributed by atoms with van der Waals surface area (Å²) >= 11 is 0. The van der Waals surface area contributed by atoms with Crippen LogP contribution >= 0.6 is 0 Å². The summed E-state index contributed by atoms with van der Waals surface area (Å²) in [6.45, 7) is -0.655. The molecule has 0 unspecified atom stereocenters. The van der Waals surface area contributed by atoms with E-state index in [-0.39, 0.29) is 42.5 Å². The molecule has 1 saturated heterocycles. The van der Waals surface area contributed by atoms with Gasteiger partial charge in [-0.3, -0.25) is 4.79 Å². The second-order valence-electron chi connectivity index (χ2n) is 5.65. The number of hydrogen-bond donors (Lipinski definition) is 0. The van der Waals surface area contributed by atoms with Crippen molar-refractivity contribution in [3.05, 3.63) is 23.8 Å².